The van der Waals surface area contributed by atoms with E-state index in [0.29, 0.717) is 19.3 Å². The Balaban J connectivity index is 2.49. The van der Waals surface area contributed by atoms with Crippen molar-refractivity contribution in [2.45, 2.75) is 211 Å². The van der Waals surface area contributed by atoms with Crippen LogP contribution in [0.5, 0.6) is 0 Å². The van der Waals surface area contributed by atoms with E-state index in [1.807, 2.05) is 18.2 Å². The van der Waals surface area contributed by atoms with E-state index >= 15 is 0 Å². The van der Waals surface area contributed by atoms with Crippen molar-refractivity contribution >= 4 is 19.8 Å². The molecule has 0 saturated heterocycles. The molecular formula is C51H85O13P. The monoisotopic (exact) mass is 937 g/mol. The average molecular weight is 937 g/mol. The molecule has 1 saturated carbocycles. The number of phosphoric ester groups is 1. The summed E-state index contributed by atoms with van der Waals surface area (Å²) in [4.78, 5) is 35.7. The molecule has 0 bridgehead atoms. The summed E-state index contributed by atoms with van der Waals surface area (Å²) in [6, 6.07) is 0. The predicted molar refractivity (Wildman–Crippen MR) is 258 cm³/mol. The Labute approximate surface area is 390 Å². The third-order valence-corrected chi connectivity index (χ3v) is 11.7. The Morgan fingerprint density at radius 3 is 1.40 bits per heavy atom. The minimum Gasteiger partial charge on any atom is -0.462 e. The highest BCUT2D eigenvalue weighted by Crippen LogP contribution is 2.47. The van der Waals surface area contributed by atoms with Gasteiger partial charge in [-0.15, -0.1) is 0 Å². The van der Waals surface area contributed by atoms with Crippen molar-refractivity contribution in [1.82, 2.24) is 0 Å². The molecule has 1 aliphatic rings. The van der Waals surface area contributed by atoms with E-state index in [2.05, 4.69) is 80.7 Å². The van der Waals surface area contributed by atoms with Gasteiger partial charge in [-0.3, -0.25) is 18.6 Å². The van der Waals surface area contributed by atoms with Crippen molar-refractivity contribution in [2.75, 3.05) is 13.2 Å². The van der Waals surface area contributed by atoms with Gasteiger partial charge in [-0.1, -0.05) is 163 Å². The van der Waals surface area contributed by atoms with Gasteiger partial charge in [0.05, 0.1) is 6.61 Å². The third-order valence-electron chi connectivity index (χ3n) is 10.7. The van der Waals surface area contributed by atoms with Crippen molar-refractivity contribution in [2.24, 2.45) is 0 Å². The number of carbonyl (C=O) groups is 2. The van der Waals surface area contributed by atoms with E-state index in [1.54, 1.807) is 0 Å². The number of hydrogen-bond donors (Lipinski definition) is 6. The van der Waals surface area contributed by atoms with Crippen molar-refractivity contribution in [3.05, 3.63) is 85.1 Å². The predicted octanol–water partition coefficient (Wildman–Crippen LogP) is 10.1. The van der Waals surface area contributed by atoms with Gasteiger partial charge < -0.3 is 39.9 Å². The third kappa shape index (κ3) is 32.4. The molecule has 6 N–H and O–H groups in total. The molecule has 0 spiro atoms. The molecule has 13 nitrogen and oxygen atoms in total. The van der Waals surface area contributed by atoms with E-state index in [0.717, 1.165) is 64.2 Å². The number of aliphatic hydroxyl groups excluding tert-OH is 5. The zero-order valence-corrected chi connectivity index (χ0v) is 40.4. The van der Waals surface area contributed by atoms with Crippen molar-refractivity contribution in [1.29, 1.82) is 0 Å². The lowest BCUT2D eigenvalue weighted by molar-refractivity contribution is -0.220. The number of unbranched alkanes of at least 4 members (excludes halogenated alkanes) is 13. The number of carbonyl (C=O) groups excluding carboxylic acids is 2. The number of esters is 2. The molecule has 0 aromatic carbocycles. The number of phosphoric acid groups is 1. The molecule has 1 aliphatic carbocycles. The van der Waals surface area contributed by atoms with Gasteiger partial charge in [0.15, 0.2) is 6.10 Å². The summed E-state index contributed by atoms with van der Waals surface area (Å²) in [5.41, 5.74) is 0. The van der Waals surface area contributed by atoms with Crippen molar-refractivity contribution in [3.63, 3.8) is 0 Å². The number of hydrogen-bond acceptors (Lipinski definition) is 12. The summed E-state index contributed by atoms with van der Waals surface area (Å²) in [7, 11) is -5.14. The van der Waals surface area contributed by atoms with Crippen LogP contribution < -0.4 is 0 Å². The van der Waals surface area contributed by atoms with Gasteiger partial charge in [0, 0.05) is 12.8 Å². The normalized spacial score (nSPS) is 22.2. The number of allylic oxidation sites excluding steroid dienone is 14. The summed E-state index contributed by atoms with van der Waals surface area (Å²) < 4.78 is 33.5. The second kappa shape index (κ2) is 40.1. The maximum absolute atomic E-state index is 12.8. The molecule has 1 fully saturated rings. The largest absolute Gasteiger partial charge is 0.472 e. The summed E-state index contributed by atoms with van der Waals surface area (Å²) in [6.45, 7) is 3.11. The molecule has 65 heavy (non-hydrogen) atoms. The van der Waals surface area contributed by atoms with Gasteiger partial charge in [-0.2, -0.15) is 0 Å². The minimum atomic E-state index is -5.14. The van der Waals surface area contributed by atoms with E-state index < -0.39 is 75.7 Å². The molecular weight excluding hydrogens is 852 g/mol. The molecule has 0 aliphatic heterocycles. The van der Waals surface area contributed by atoms with Crippen LogP contribution in [0, 0.1) is 0 Å². The zero-order chi connectivity index (χ0) is 47.8. The first-order valence-corrected chi connectivity index (χ1v) is 25.9. The Bertz CT molecular complexity index is 1460. The van der Waals surface area contributed by atoms with Crippen molar-refractivity contribution < 1.29 is 63.1 Å². The van der Waals surface area contributed by atoms with Gasteiger partial charge in [0.1, 0.15) is 43.2 Å². The fourth-order valence-corrected chi connectivity index (χ4v) is 7.81. The highest BCUT2D eigenvalue weighted by atomic mass is 31.2. The highest BCUT2D eigenvalue weighted by Gasteiger charge is 2.51. The SMILES string of the molecule is CC/C=C/C/C=C/C/C=C/C/C=C/C/C=C/C/C=C/CCC(=O)OC[C@@H](COP(=O)(O)OC1C(O)C(O)C(O)[C@H](O)C1O)OC(=O)CCCCCCCCCCC/C=C/CCCCCC. The van der Waals surface area contributed by atoms with Crippen LogP contribution in [0.4, 0.5) is 0 Å². The second-order valence-electron chi connectivity index (χ2n) is 16.6. The molecule has 0 amide bonds. The number of aliphatic hydroxyl groups is 5. The van der Waals surface area contributed by atoms with Crippen LogP contribution in [0.15, 0.2) is 85.1 Å². The first-order valence-electron chi connectivity index (χ1n) is 24.4. The zero-order valence-electron chi connectivity index (χ0n) is 39.5. The Morgan fingerprint density at radius 2 is 0.908 bits per heavy atom. The van der Waals surface area contributed by atoms with E-state index in [-0.39, 0.29) is 12.8 Å². The maximum Gasteiger partial charge on any atom is 0.472 e. The van der Waals surface area contributed by atoms with Gasteiger partial charge in [0.2, 0.25) is 0 Å². The minimum absolute atomic E-state index is 0.0376. The van der Waals surface area contributed by atoms with Gasteiger partial charge in [-0.25, -0.2) is 4.57 Å². The molecule has 14 heteroatoms. The lowest BCUT2D eigenvalue weighted by atomic mass is 9.85. The molecule has 0 radical (unpaired) electrons. The summed E-state index contributed by atoms with van der Waals surface area (Å²) in [6.07, 6.45) is 39.3. The molecule has 8 atom stereocenters. The fraction of sp³-hybridized carbons (Fsp3) is 0.686. The number of rotatable bonds is 39. The summed E-state index contributed by atoms with van der Waals surface area (Å²) in [5.74, 6) is -1.20. The maximum atomic E-state index is 12.8. The van der Waals surface area contributed by atoms with Crippen LogP contribution >= 0.6 is 7.82 Å². The smallest absolute Gasteiger partial charge is 0.462 e. The lowest BCUT2D eigenvalue weighted by Crippen LogP contribution is -2.64. The van der Waals surface area contributed by atoms with Crippen LogP contribution in [-0.2, 0) is 32.7 Å². The van der Waals surface area contributed by atoms with Gasteiger partial charge >= 0.3 is 19.8 Å². The molecule has 1 rings (SSSR count). The lowest BCUT2D eigenvalue weighted by Gasteiger charge is -2.41. The van der Waals surface area contributed by atoms with Gasteiger partial charge in [-0.05, 0) is 77.0 Å². The van der Waals surface area contributed by atoms with Crippen LogP contribution in [0.1, 0.15) is 168 Å². The molecule has 0 aromatic rings. The van der Waals surface area contributed by atoms with Crippen LogP contribution in [0.2, 0.25) is 0 Å². The van der Waals surface area contributed by atoms with E-state index in [4.69, 9.17) is 18.5 Å². The summed E-state index contributed by atoms with van der Waals surface area (Å²) in [5, 5.41) is 50.2. The van der Waals surface area contributed by atoms with E-state index in [1.165, 1.54) is 57.8 Å². The first kappa shape index (κ1) is 60.0. The quantitative estimate of drug-likeness (QED) is 0.0147. The Hall–Kier alpha value is -2.97. The molecule has 372 valence electrons. The molecule has 6 unspecified atom stereocenters. The highest BCUT2D eigenvalue weighted by molar-refractivity contribution is 7.47. The Morgan fingerprint density at radius 1 is 0.492 bits per heavy atom. The summed E-state index contributed by atoms with van der Waals surface area (Å²) >= 11 is 0. The van der Waals surface area contributed by atoms with Gasteiger partial charge in [0.25, 0.3) is 0 Å². The topological polar surface area (TPSA) is 210 Å². The first-order chi connectivity index (χ1) is 31.4. The molecule has 0 heterocycles. The average Bonchev–Trinajstić information content (AvgIpc) is 3.29. The van der Waals surface area contributed by atoms with Crippen LogP contribution in [0.25, 0.3) is 0 Å². The fourth-order valence-electron chi connectivity index (χ4n) is 6.84. The molecule has 0 aromatic heterocycles. The van der Waals surface area contributed by atoms with Crippen LogP contribution in [0.3, 0.4) is 0 Å². The van der Waals surface area contributed by atoms with Crippen molar-refractivity contribution in [3.8, 4) is 0 Å². The van der Waals surface area contributed by atoms with Crippen LogP contribution in [-0.4, -0.2) is 98.3 Å². The van der Waals surface area contributed by atoms with E-state index in [9.17, 15) is 44.6 Å². The second-order valence-corrected chi connectivity index (χ2v) is 18.0. The standard InChI is InChI=1S/C51H85O13P/c1-3-5-7-9-11-13-15-17-19-21-22-24-25-27-29-31-33-35-37-39-44(52)61-41-43(42-62-65(59,60)64-51-49(57)47(55)46(54)48(56)50(51)58)63-45(53)40-38-36-34-32-30-28-26-23-20-18-16-14-12-10-8-6-4-2/h5,7,11,13-14,16-17,19,22,24,27,29,33,35,43,46-51,54-58H,3-4,6,8-10,12,15,18,20-21,23,25-26,28,30-32,34,36-42H2,1-2H3,(H,59,60)/b7-5+,13-11+,16-14+,19-17+,24-22+,29-27+,35-33+/t43-,46?,47-,48?,49?,50?,51?/m0/s1. The Kier molecular flexibility index (Phi) is 37.1. The number of ether oxygens (including phenoxy) is 2.